The highest BCUT2D eigenvalue weighted by atomic mass is 19.4. The smallest absolute Gasteiger partial charge is 0.416 e. The van der Waals surface area contributed by atoms with Crippen LogP contribution in [0.3, 0.4) is 0 Å². The lowest BCUT2D eigenvalue weighted by atomic mass is 9.99. The zero-order valence-corrected chi connectivity index (χ0v) is 18.3. The van der Waals surface area contributed by atoms with Crippen LogP contribution in [0.5, 0.6) is 0 Å². The summed E-state index contributed by atoms with van der Waals surface area (Å²) < 4.78 is 41.2. The molecule has 3 N–H and O–H groups in total. The molecule has 1 aromatic heterocycles. The number of carboxylic acids is 1. The number of hydrogen-bond acceptors (Lipinski definition) is 3. The van der Waals surface area contributed by atoms with E-state index in [1.165, 1.54) is 18.2 Å². The third kappa shape index (κ3) is 5.64. The Morgan fingerprint density at radius 2 is 1.70 bits per heavy atom. The van der Waals surface area contributed by atoms with Crippen molar-refractivity contribution >= 4 is 22.9 Å². The van der Waals surface area contributed by atoms with Crippen molar-refractivity contribution in [2.75, 3.05) is 0 Å². The first-order valence-electron chi connectivity index (χ1n) is 10.6. The summed E-state index contributed by atoms with van der Waals surface area (Å²) in [4.78, 5) is 10.7. The van der Waals surface area contributed by atoms with Crippen LogP contribution in [0, 0.1) is 0 Å². The molecule has 0 saturated carbocycles. The van der Waals surface area contributed by atoms with Gasteiger partial charge in [-0.2, -0.15) is 13.2 Å². The highest BCUT2D eigenvalue weighted by Gasteiger charge is 2.30. The topological polar surface area (TPSA) is 82.7 Å². The molecular formula is C25H26F3NO4. The summed E-state index contributed by atoms with van der Waals surface area (Å²) in [6, 6.07) is 12.5. The summed E-state index contributed by atoms with van der Waals surface area (Å²) in [5.74, 6) is -1.16. The van der Waals surface area contributed by atoms with Gasteiger partial charge in [0.15, 0.2) is 0 Å². The fraction of sp³-hybridized carbons (Fsp3) is 0.320. The van der Waals surface area contributed by atoms with Gasteiger partial charge < -0.3 is 19.9 Å². The van der Waals surface area contributed by atoms with Gasteiger partial charge in [-0.25, -0.2) is 0 Å². The van der Waals surface area contributed by atoms with Crippen LogP contribution >= 0.6 is 0 Å². The summed E-state index contributed by atoms with van der Waals surface area (Å²) in [6.45, 7) is 3.96. The third-order valence-corrected chi connectivity index (χ3v) is 5.37. The summed E-state index contributed by atoms with van der Waals surface area (Å²) in [7, 11) is 0. The maximum Gasteiger partial charge on any atom is 0.416 e. The van der Waals surface area contributed by atoms with E-state index in [0.29, 0.717) is 11.3 Å². The Kier molecular flexibility index (Phi) is 7.29. The number of rotatable bonds is 8. The Bertz CT molecular complexity index is 1150. The second kappa shape index (κ2) is 9.80. The van der Waals surface area contributed by atoms with E-state index < -0.39 is 36.3 Å². The summed E-state index contributed by atoms with van der Waals surface area (Å²) in [5.41, 5.74) is 2.17. The van der Waals surface area contributed by atoms with Crippen LogP contribution < -0.4 is 0 Å². The molecule has 0 spiro atoms. The van der Waals surface area contributed by atoms with Gasteiger partial charge >= 0.3 is 12.1 Å². The van der Waals surface area contributed by atoms with E-state index in [2.05, 4.69) is 0 Å². The number of fused-ring (bicyclic) bond motifs is 1. The van der Waals surface area contributed by atoms with Gasteiger partial charge in [-0.1, -0.05) is 36.4 Å². The third-order valence-electron chi connectivity index (χ3n) is 5.37. The number of carboxylic acid groups (broad SMARTS) is 1. The molecule has 0 amide bonds. The van der Waals surface area contributed by atoms with Crippen LogP contribution in [-0.2, 0) is 11.0 Å². The average molecular weight is 461 g/mol. The molecule has 0 fully saturated rings. The molecule has 2 aromatic carbocycles. The van der Waals surface area contributed by atoms with Crippen molar-refractivity contribution in [2.45, 2.75) is 51.1 Å². The van der Waals surface area contributed by atoms with E-state index in [9.17, 15) is 28.2 Å². The lowest BCUT2D eigenvalue weighted by molar-refractivity contribution is -0.139. The number of alkyl halides is 3. The van der Waals surface area contributed by atoms with Crippen LogP contribution in [0.1, 0.15) is 44.0 Å². The van der Waals surface area contributed by atoms with Gasteiger partial charge in [0.05, 0.1) is 24.2 Å². The largest absolute Gasteiger partial charge is 0.481 e. The normalized spacial score (nSPS) is 14.3. The maximum atomic E-state index is 13.1. The van der Waals surface area contributed by atoms with Crippen LogP contribution in [0.25, 0.3) is 28.1 Å². The first-order valence-corrected chi connectivity index (χ1v) is 10.6. The Labute approximate surface area is 189 Å². The summed E-state index contributed by atoms with van der Waals surface area (Å²) in [5, 5.41) is 29.7. The van der Waals surface area contributed by atoms with Crippen LogP contribution in [0.2, 0.25) is 0 Å². The lowest BCUT2D eigenvalue weighted by Crippen LogP contribution is -2.19. The quantitative estimate of drug-likeness (QED) is 0.413. The van der Waals surface area contributed by atoms with Gasteiger partial charge in [0.2, 0.25) is 0 Å². The molecule has 3 rings (SSSR count). The Hall–Kier alpha value is -3.10. The minimum absolute atomic E-state index is 0.00694. The van der Waals surface area contributed by atoms with Crippen molar-refractivity contribution in [3.8, 4) is 11.1 Å². The van der Waals surface area contributed by atoms with Crippen molar-refractivity contribution in [1.82, 2.24) is 4.57 Å². The molecule has 176 valence electrons. The molecule has 8 heteroatoms. The predicted molar refractivity (Wildman–Crippen MR) is 121 cm³/mol. The van der Waals surface area contributed by atoms with Crippen molar-refractivity contribution in [2.24, 2.45) is 0 Å². The molecule has 3 aromatic rings. The zero-order chi connectivity index (χ0) is 24.3. The van der Waals surface area contributed by atoms with E-state index >= 15 is 0 Å². The molecule has 0 aliphatic carbocycles. The van der Waals surface area contributed by atoms with Crippen molar-refractivity contribution in [3.05, 3.63) is 65.9 Å². The zero-order valence-electron chi connectivity index (χ0n) is 18.3. The number of aliphatic hydroxyl groups excluding tert-OH is 2. The monoisotopic (exact) mass is 461 g/mol. The number of halogens is 3. The van der Waals surface area contributed by atoms with E-state index in [-0.39, 0.29) is 12.5 Å². The van der Waals surface area contributed by atoms with Crippen LogP contribution in [0.15, 0.2) is 54.6 Å². The minimum Gasteiger partial charge on any atom is -0.481 e. The lowest BCUT2D eigenvalue weighted by Gasteiger charge is -2.15. The first-order chi connectivity index (χ1) is 15.5. The fourth-order valence-corrected chi connectivity index (χ4v) is 3.98. The molecule has 0 aliphatic rings. The highest BCUT2D eigenvalue weighted by Crippen LogP contribution is 2.39. The van der Waals surface area contributed by atoms with Crippen LogP contribution in [0.4, 0.5) is 13.2 Å². The van der Waals surface area contributed by atoms with Gasteiger partial charge in [0.25, 0.3) is 0 Å². The Morgan fingerprint density at radius 1 is 1.06 bits per heavy atom. The number of aliphatic carboxylic acids is 1. The molecule has 1 heterocycles. The van der Waals surface area contributed by atoms with E-state index in [4.69, 9.17) is 5.11 Å². The number of aromatic nitrogens is 1. The average Bonchev–Trinajstić information content (AvgIpc) is 3.05. The molecule has 2 atom stereocenters. The van der Waals surface area contributed by atoms with E-state index in [0.717, 1.165) is 28.6 Å². The molecular weight excluding hydrogens is 435 g/mol. The van der Waals surface area contributed by atoms with Gasteiger partial charge in [-0.05, 0) is 43.7 Å². The molecule has 0 bridgehead atoms. The second-order valence-electron chi connectivity index (χ2n) is 8.23. The molecule has 0 saturated heterocycles. The standard InChI is InChI=1S/C25H26F3NO4/c1-15(2)29-21-6-4-3-5-20(21)24(16-7-9-17(10-8-16)25(26,27)28)22(29)12-11-18(30)13-19(31)14-23(32)33/h3-12,15,18-19,30-31H,13-14H2,1-2H3,(H,32,33)/b12-11+/t18-,19-/m1/s1. The first kappa shape index (κ1) is 24.5. The number of carbonyl (C=O) groups is 1. The minimum atomic E-state index is -4.44. The van der Waals surface area contributed by atoms with Gasteiger partial charge in [0, 0.05) is 34.6 Å². The maximum absolute atomic E-state index is 13.1. The van der Waals surface area contributed by atoms with Crippen molar-refractivity contribution < 1.29 is 33.3 Å². The van der Waals surface area contributed by atoms with Crippen molar-refractivity contribution in [1.29, 1.82) is 0 Å². The number of aliphatic hydroxyl groups is 2. The number of hydrogen-bond donors (Lipinski definition) is 3. The fourth-order valence-electron chi connectivity index (χ4n) is 3.98. The second-order valence-corrected chi connectivity index (χ2v) is 8.23. The molecule has 0 aliphatic heterocycles. The van der Waals surface area contributed by atoms with Crippen molar-refractivity contribution in [3.63, 3.8) is 0 Å². The molecule has 33 heavy (non-hydrogen) atoms. The predicted octanol–water partition coefficient (Wildman–Crippen LogP) is 5.51. The molecule has 5 nitrogen and oxygen atoms in total. The molecule has 0 radical (unpaired) electrons. The molecule has 0 unspecified atom stereocenters. The van der Waals surface area contributed by atoms with Gasteiger partial charge in [-0.3, -0.25) is 4.79 Å². The Morgan fingerprint density at radius 3 is 2.27 bits per heavy atom. The summed E-state index contributed by atoms with van der Waals surface area (Å²) in [6.07, 6.45) is -4.23. The van der Waals surface area contributed by atoms with Gasteiger partial charge in [0.1, 0.15) is 0 Å². The number of nitrogens with zero attached hydrogens (tertiary/aromatic N) is 1. The number of para-hydroxylation sites is 1. The number of benzene rings is 2. The van der Waals surface area contributed by atoms with Crippen LogP contribution in [-0.4, -0.2) is 38.1 Å². The van der Waals surface area contributed by atoms with E-state index in [1.807, 2.05) is 42.7 Å². The SMILES string of the molecule is CC(C)n1c(/C=C/[C@@H](O)C[C@@H](O)CC(=O)O)c(-c2ccc(C(F)(F)F)cc2)c2ccccc21. The van der Waals surface area contributed by atoms with E-state index in [1.54, 1.807) is 6.08 Å². The van der Waals surface area contributed by atoms with Gasteiger partial charge in [-0.15, -0.1) is 0 Å². The highest BCUT2D eigenvalue weighted by molar-refractivity contribution is 6.01. The summed E-state index contributed by atoms with van der Waals surface area (Å²) >= 11 is 0. The Balaban J connectivity index is 2.09.